The summed E-state index contributed by atoms with van der Waals surface area (Å²) in [6, 6.07) is -0.378. The second kappa shape index (κ2) is 6.79. The number of hydrogen-bond acceptors (Lipinski definition) is 3. The van der Waals surface area contributed by atoms with E-state index in [9.17, 15) is 4.79 Å². The molecule has 4 heteroatoms. The van der Waals surface area contributed by atoms with Crippen LogP contribution in [0.4, 0.5) is 0 Å². The molecule has 0 radical (unpaired) electrons. The summed E-state index contributed by atoms with van der Waals surface area (Å²) < 4.78 is 4.89. The van der Waals surface area contributed by atoms with Crippen LogP contribution in [0.1, 0.15) is 20.3 Å². The molecule has 1 atom stereocenters. The Hall–Kier alpha value is -0.610. The Labute approximate surface area is 86.4 Å². The molecular formula is C10H22N2O2. The maximum atomic E-state index is 11.6. The molecule has 4 nitrogen and oxygen atoms in total. The number of hydrogen-bond donors (Lipinski definition) is 1. The fraction of sp³-hybridized carbons (Fsp3) is 0.900. The van der Waals surface area contributed by atoms with Crippen LogP contribution in [0.5, 0.6) is 0 Å². The van der Waals surface area contributed by atoms with Gasteiger partial charge in [0.15, 0.2) is 0 Å². The molecule has 84 valence electrons. The molecule has 2 N–H and O–H groups in total. The monoisotopic (exact) mass is 202 g/mol. The van der Waals surface area contributed by atoms with Crippen LogP contribution in [0.2, 0.25) is 0 Å². The third-order valence-corrected chi connectivity index (χ3v) is 2.05. The molecule has 0 aliphatic rings. The van der Waals surface area contributed by atoms with Crippen molar-refractivity contribution in [2.24, 2.45) is 11.7 Å². The van der Waals surface area contributed by atoms with Gasteiger partial charge in [0.1, 0.15) is 0 Å². The van der Waals surface area contributed by atoms with Crippen molar-refractivity contribution in [3.05, 3.63) is 0 Å². The molecular weight excluding hydrogens is 180 g/mol. The lowest BCUT2D eigenvalue weighted by atomic mass is 10.0. The number of ether oxygens (including phenoxy) is 1. The van der Waals surface area contributed by atoms with E-state index < -0.39 is 0 Å². The Morgan fingerprint density at radius 1 is 1.50 bits per heavy atom. The lowest BCUT2D eigenvalue weighted by Gasteiger charge is -2.21. The van der Waals surface area contributed by atoms with Crippen LogP contribution in [-0.4, -0.2) is 44.2 Å². The predicted molar refractivity (Wildman–Crippen MR) is 56.9 cm³/mol. The third-order valence-electron chi connectivity index (χ3n) is 2.05. The van der Waals surface area contributed by atoms with Gasteiger partial charge in [0.25, 0.3) is 0 Å². The molecule has 0 aromatic carbocycles. The number of nitrogens with two attached hydrogens (primary N) is 1. The largest absolute Gasteiger partial charge is 0.383 e. The third kappa shape index (κ3) is 5.19. The zero-order valence-electron chi connectivity index (χ0n) is 9.62. The maximum absolute atomic E-state index is 11.6. The molecule has 0 aromatic heterocycles. The molecule has 0 aliphatic carbocycles. The van der Waals surface area contributed by atoms with Crippen molar-refractivity contribution in [2.45, 2.75) is 26.3 Å². The van der Waals surface area contributed by atoms with Gasteiger partial charge in [-0.3, -0.25) is 4.79 Å². The zero-order valence-corrected chi connectivity index (χ0v) is 9.62. The minimum Gasteiger partial charge on any atom is -0.383 e. The lowest BCUT2D eigenvalue weighted by Crippen LogP contribution is -2.43. The van der Waals surface area contributed by atoms with Crippen LogP contribution in [0.25, 0.3) is 0 Å². The first-order chi connectivity index (χ1) is 6.49. The fourth-order valence-corrected chi connectivity index (χ4v) is 1.23. The second-order valence-electron chi connectivity index (χ2n) is 3.99. The molecule has 0 unspecified atom stereocenters. The van der Waals surface area contributed by atoms with E-state index in [2.05, 4.69) is 13.8 Å². The highest BCUT2D eigenvalue weighted by molar-refractivity contribution is 5.81. The van der Waals surface area contributed by atoms with Crippen molar-refractivity contribution in [1.29, 1.82) is 0 Å². The molecule has 14 heavy (non-hydrogen) atoms. The molecule has 0 saturated carbocycles. The van der Waals surface area contributed by atoms with E-state index in [0.29, 0.717) is 19.1 Å². The van der Waals surface area contributed by atoms with E-state index in [1.165, 1.54) is 0 Å². The van der Waals surface area contributed by atoms with Gasteiger partial charge in [0.2, 0.25) is 5.91 Å². The van der Waals surface area contributed by atoms with E-state index >= 15 is 0 Å². The summed E-state index contributed by atoms with van der Waals surface area (Å²) >= 11 is 0. The Bertz CT molecular complexity index is 172. The van der Waals surface area contributed by atoms with Gasteiger partial charge in [-0.05, 0) is 12.3 Å². The Morgan fingerprint density at radius 3 is 2.50 bits per heavy atom. The molecule has 0 aromatic rings. The standard InChI is InChI=1S/C10H22N2O2/c1-8(2)7-9(11)10(13)12(3)5-6-14-4/h8-9H,5-7,11H2,1-4H3/t9-/m1/s1. The van der Waals surface area contributed by atoms with Gasteiger partial charge >= 0.3 is 0 Å². The number of methoxy groups -OCH3 is 1. The number of rotatable bonds is 6. The number of nitrogens with zero attached hydrogens (tertiary/aromatic N) is 1. The fourth-order valence-electron chi connectivity index (χ4n) is 1.23. The molecule has 0 heterocycles. The van der Waals surface area contributed by atoms with Crippen LogP contribution >= 0.6 is 0 Å². The summed E-state index contributed by atoms with van der Waals surface area (Å²) in [7, 11) is 3.37. The SMILES string of the molecule is COCCN(C)C(=O)[C@H](N)CC(C)C. The van der Waals surface area contributed by atoms with Crippen LogP contribution < -0.4 is 5.73 Å². The van der Waals surface area contributed by atoms with Gasteiger partial charge in [-0.1, -0.05) is 13.8 Å². The number of carbonyl (C=O) groups is 1. The van der Waals surface area contributed by atoms with Crippen LogP contribution in [-0.2, 0) is 9.53 Å². The van der Waals surface area contributed by atoms with Crippen molar-refractivity contribution in [2.75, 3.05) is 27.3 Å². The summed E-state index contributed by atoms with van der Waals surface area (Å²) in [6.45, 7) is 5.27. The van der Waals surface area contributed by atoms with Gasteiger partial charge in [-0.25, -0.2) is 0 Å². The highest BCUT2D eigenvalue weighted by Gasteiger charge is 2.18. The van der Waals surface area contributed by atoms with Gasteiger partial charge in [0.05, 0.1) is 12.6 Å². The second-order valence-corrected chi connectivity index (χ2v) is 3.99. The van der Waals surface area contributed by atoms with Crippen molar-refractivity contribution in [3.8, 4) is 0 Å². The van der Waals surface area contributed by atoms with E-state index in [1.807, 2.05) is 0 Å². The quantitative estimate of drug-likeness (QED) is 0.681. The highest BCUT2D eigenvalue weighted by Crippen LogP contribution is 2.04. The van der Waals surface area contributed by atoms with Crippen LogP contribution in [0.3, 0.4) is 0 Å². The first-order valence-corrected chi connectivity index (χ1v) is 4.98. The molecule has 0 aliphatic heterocycles. The summed E-state index contributed by atoms with van der Waals surface area (Å²) in [6.07, 6.45) is 0.732. The predicted octanol–water partition coefficient (Wildman–Crippen LogP) is 0.465. The van der Waals surface area contributed by atoms with E-state index in [1.54, 1.807) is 19.1 Å². The van der Waals surface area contributed by atoms with Crippen LogP contribution in [0.15, 0.2) is 0 Å². The maximum Gasteiger partial charge on any atom is 0.239 e. The smallest absolute Gasteiger partial charge is 0.239 e. The molecule has 0 bridgehead atoms. The zero-order chi connectivity index (χ0) is 11.1. The van der Waals surface area contributed by atoms with E-state index in [-0.39, 0.29) is 11.9 Å². The van der Waals surface area contributed by atoms with E-state index in [4.69, 9.17) is 10.5 Å². The molecule has 0 rings (SSSR count). The average Bonchev–Trinajstić information content (AvgIpc) is 2.11. The van der Waals surface area contributed by atoms with Crippen molar-refractivity contribution < 1.29 is 9.53 Å². The molecule has 0 saturated heterocycles. The van der Waals surface area contributed by atoms with Gasteiger partial charge in [-0.2, -0.15) is 0 Å². The molecule has 0 fully saturated rings. The number of amides is 1. The Balaban J connectivity index is 3.91. The first-order valence-electron chi connectivity index (χ1n) is 4.98. The Kier molecular flexibility index (Phi) is 6.49. The van der Waals surface area contributed by atoms with Crippen molar-refractivity contribution in [3.63, 3.8) is 0 Å². The topological polar surface area (TPSA) is 55.6 Å². The number of likely N-dealkylation sites (N-methyl/N-ethyl adjacent to an activating group) is 1. The van der Waals surface area contributed by atoms with Crippen LogP contribution in [0, 0.1) is 5.92 Å². The molecule has 1 amide bonds. The summed E-state index contributed by atoms with van der Waals surface area (Å²) in [5, 5.41) is 0. The van der Waals surface area contributed by atoms with Crippen molar-refractivity contribution in [1.82, 2.24) is 4.90 Å². The van der Waals surface area contributed by atoms with Gasteiger partial charge in [0, 0.05) is 20.7 Å². The summed E-state index contributed by atoms with van der Waals surface area (Å²) in [5.41, 5.74) is 5.76. The van der Waals surface area contributed by atoms with Gasteiger partial charge < -0.3 is 15.4 Å². The minimum absolute atomic E-state index is 0.00394. The normalized spacial score (nSPS) is 13.0. The minimum atomic E-state index is -0.378. The van der Waals surface area contributed by atoms with Gasteiger partial charge in [-0.15, -0.1) is 0 Å². The highest BCUT2D eigenvalue weighted by atomic mass is 16.5. The number of carbonyl (C=O) groups excluding carboxylic acids is 1. The Morgan fingerprint density at radius 2 is 2.07 bits per heavy atom. The first kappa shape index (κ1) is 13.4. The average molecular weight is 202 g/mol. The molecule has 0 spiro atoms. The van der Waals surface area contributed by atoms with E-state index in [0.717, 1.165) is 6.42 Å². The summed E-state index contributed by atoms with van der Waals surface area (Å²) in [4.78, 5) is 13.3. The lowest BCUT2D eigenvalue weighted by molar-refractivity contribution is -0.132. The van der Waals surface area contributed by atoms with Crippen molar-refractivity contribution >= 4 is 5.91 Å². The summed E-state index contributed by atoms with van der Waals surface area (Å²) in [5.74, 6) is 0.445.